The minimum atomic E-state index is -1.16. The Bertz CT molecular complexity index is 231. The third-order valence-corrected chi connectivity index (χ3v) is 2.35. The van der Waals surface area contributed by atoms with Gasteiger partial charge in [-0.25, -0.2) is 0 Å². The van der Waals surface area contributed by atoms with E-state index < -0.39 is 5.97 Å². The van der Waals surface area contributed by atoms with Crippen LogP contribution in [0.1, 0.15) is 9.80 Å². The van der Waals surface area contributed by atoms with E-state index in [1.54, 1.807) is 11.6 Å². The van der Waals surface area contributed by atoms with Crippen molar-refractivity contribution in [2.45, 2.75) is 0 Å². The van der Waals surface area contributed by atoms with Crippen LogP contribution in [0.3, 0.4) is 0 Å². The van der Waals surface area contributed by atoms with Gasteiger partial charge in [0, 0.05) is 10.5 Å². The second kappa shape index (κ2) is 2.14. The number of hydrogen-bond acceptors (Lipinski definition) is 3. The SMILES string of the molecule is C[s+]1ccnc1C(=O)[O-]. The number of hydrogen-bond donors (Lipinski definition) is 0. The van der Waals surface area contributed by atoms with Crippen molar-refractivity contribution in [2.75, 3.05) is 0 Å². The van der Waals surface area contributed by atoms with Crippen molar-refractivity contribution >= 4 is 16.4 Å². The molecule has 1 heterocycles. The molecule has 1 aromatic rings. The van der Waals surface area contributed by atoms with Crippen LogP contribution in [-0.4, -0.2) is 11.0 Å². The number of thiazole rings is 1. The minimum absolute atomic E-state index is 0.148. The quantitative estimate of drug-likeness (QED) is 0.508. The highest BCUT2D eigenvalue weighted by Crippen LogP contribution is 2.15. The summed E-state index contributed by atoms with van der Waals surface area (Å²) in [7, 11) is -0.333. The first-order valence-electron chi connectivity index (χ1n) is 2.32. The van der Waals surface area contributed by atoms with Crippen LogP contribution in [0.15, 0.2) is 11.6 Å². The van der Waals surface area contributed by atoms with Gasteiger partial charge in [-0.3, -0.25) is 0 Å². The maximum Gasteiger partial charge on any atom is 0.289 e. The van der Waals surface area contributed by atoms with E-state index in [1.165, 1.54) is 6.20 Å². The van der Waals surface area contributed by atoms with Gasteiger partial charge in [-0.2, -0.15) is 4.98 Å². The Hall–Kier alpha value is -0.900. The van der Waals surface area contributed by atoms with Crippen molar-refractivity contribution in [1.82, 2.24) is 4.98 Å². The summed E-state index contributed by atoms with van der Waals surface area (Å²) in [5.74, 6) is -1.16. The minimum Gasteiger partial charge on any atom is -0.539 e. The van der Waals surface area contributed by atoms with E-state index in [4.69, 9.17) is 0 Å². The van der Waals surface area contributed by atoms with Crippen molar-refractivity contribution in [3.05, 3.63) is 16.6 Å². The van der Waals surface area contributed by atoms with Crippen LogP contribution in [0.25, 0.3) is 0 Å². The van der Waals surface area contributed by atoms with E-state index in [9.17, 15) is 9.90 Å². The maximum atomic E-state index is 10.1. The number of aromatic nitrogens is 1. The van der Waals surface area contributed by atoms with E-state index in [2.05, 4.69) is 4.98 Å². The summed E-state index contributed by atoms with van der Waals surface area (Å²) in [6.07, 6.45) is 3.28. The number of carbonyl (C=O) groups is 1. The van der Waals surface area contributed by atoms with E-state index in [0.717, 1.165) is 0 Å². The van der Waals surface area contributed by atoms with Gasteiger partial charge in [-0.05, 0) is 0 Å². The third kappa shape index (κ3) is 1.08. The molecule has 1 atom stereocenters. The van der Waals surface area contributed by atoms with Crippen LogP contribution in [0.2, 0.25) is 0 Å². The van der Waals surface area contributed by atoms with Crippen LogP contribution >= 0.6 is 10.5 Å². The average Bonchev–Trinajstić information content (AvgIpc) is 2.13. The Balaban J connectivity index is 3.08. The number of aromatic carboxylic acids is 1. The summed E-state index contributed by atoms with van der Waals surface area (Å²) in [4.78, 5) is 13.7. The third-order valence-electron chi connectivity index (χ3n) is 0.936. The van der Waals surface area contributed by atoms with Crippen LogP contribution < -0.4 is 5.11 Å². The number of carboxylic acids is 1. The number of nitrogens with zero attached hydrogens (tertiary/aromatic N) is 1. The predicted molar refractivity (Wildman–Crippen MR) is 32.0 cm³/mol. The fourth-order valence-corrected chi connectivity index (χ4v) is 1.38. The van der Waals surface area contributed by atoms with Crippen LogP contribution in [0.5, 0.6) is 0 Å². The first kappa shape index (κ1) is 6.22. The van der Waals surface area contributed by atoms with E-state index in [1.807, 2.05) is 0 Å². The average molecular weight is 143 g/mol. The van der Waals surface area contributed by atoms with Gasteiger partial charge in [0.2, 0.25) is 0 Å². The lowest BCUT2D eigenvalue weighted by Gasteiger charge is -1.87. The maximum absolute atomic E-state index is 10.1. The second-order valence-electron chi connectivity index (χ2n) is 1.56. The molecule has 0 fully saturated rings. The fraction of sp³-hybridized carbons (Fsp3) is 0.200. The smallest absolute Gasteiger partial charge is 0.289 e. The van der Waals surface area contributed by atoms with E-state index >= 15 is 0 Å². The van der Waals surface area contributed by atoms with Crippen molar-refractivity contribution in [3.63, 3.8) is 0 Å². The molecule has 0 aliphatic carbocycles. The zero-order valence-electron chi connectivity index (χ0n) is 4.83. The Morgan fingerprint density at radius 2 is 2.56 bits per heavy atom. The van der Waals surface area contributed by atoms with Crippen LogP contribution in [0, 0.1) is 0 Å². The fourth-order valence-electron chi connectivity index (χ4n) is 0.521. The normalized spacial score (nSPS) is 11.4. The number of aryl methyl sites for hydroxylation is 1. The summed E-state index contributed by atoms with van der Waals surface area (Å²) < 4.78 is 0. The zero-order valence-corrected chi connectivity index (χ0v) is 5.64. The molecule has 0 spiro atoms. The molecular weight excluding hydrogens is 138 g/mol. The summed E-state index contributed by atoms with van der Waals surface area (Å²) in [6.45, 7) is 0. The zero-order chi connectivity index (χ0) is 6.85. The van der Waals surface area contributed by atoms with Crippen molar-refractivity contribution < 1.29 is 9.90 Å². The lowest BCUT2D eigenvalue weighted by molar-refractivity contribution is -0.255. The lowest BCUT2D eigenvalue weighted by Crippen LogP contribution is -2.22. The van der Waals surface area contributed by atoms with Crippen molar-refractivity contribution in [2.24, 2.45) is 6.26 Å². The van der Waals surface area contributed by atoms with Crippen LogP contribution in [0.4, 0.5) is 0 Å². The van der Waals surface area contributed by atoms with Crippen molar-refractivity contribution in [3.8, 4) is 0 Å². The highest BCUT2D eigenvalue weighted by Gasteiger charge is 2.08. The van der Waals surface area contributed by atoms with Gasteiger partial charge in [0.1, 0.15) is 12.2 Å². The molecule has 1 aromatic heterocycles. The molecule has 1 unspecified atom stereocenters. The molecule has 1 rings (SSSR count). The summed E-state index contributed by atoms with van der Waals surface area (Å²) in [6, 6.07) is 0. The summed E-state index contributed by atoms with van der Waals surface area (Å²) in [5, 5.41) is 12.0. The van der Waals surface area contributed by atoms with Gasteiger partial charge < -0.3 is 9.90 Å². The van der Waals surface area contributed by atoms with Gasteiger partial charge in [0.25, 0.3) is 5.01 Å². The Labute approximate surface area is 54.9 Å². The first-order chi connectivity index (χ1) is 4.22. The molecule has 9 heavy (non-hydrogen) atoms. The predicted octanol–water partition coefficient (Wildman–Crippen LogP) is -0.269. The number of carbonyl (C=O) groups excluding carboxylic acids is 1. The Morgan fingerprint density at radius 3 is 2.78 bits per heavy atom. The molecule has 48 valence electrons. The number of rotatable bonds is 1. The molecular formula is C5H5NO2S. The van der Waals surface area contributed by atoms with E-state index in [0.29, 0.717) is 0 Å². The highest BCUT2D eigenvalue weighted by molar-refractivity contribution is 7.29. The molecule has 0 saturated heterocycles. The Morgan fingerprint density at radius 1 is 1.89 bits per heavy atom. The molecule has 4 heteroatoms. The molecule has 0 aliphatic heterocycles. The van der Waals surface area contributed by atoms with Gasteiger partial charge in [0.15, 0.2) is 5.38 Å². The molecule has 0 amide bonds. The monoisotopic (exact) mass is 143 g/mol. The molecule has 0 bridgehead atoms. The second-order valence-corrected chi connectivity index (χ2v) is 3.34. The largest absolute Gasteiger partial charge is 0.539 e. The van der Waals surface area contributed by atoms with E-state index in [-0.39, 0.29) is 15.5 Å². The van der Waals surface area contributed by atoms with Crippen molar-refractivity contribution in [1.29, 1.82) is 0 Å². The molecule has 0 aliphatic rings. The van der Waals surface area contributed by atoms with Gasteiger partial charge in [-0.15, -0.1) is 0 Å². The van der Waals surface area contributed by atoms with Gasteiger partial charge >= 0.3 is 0 Å². The molecule has 0 radical (unpaired) electrons. The lowest BCUT2D eigenvalue weighted by atomic mass is 10.7. The van der Waals surface area contributed by atoms with Gasteiger partial charge in [0.05, 0.1) is 6.20 Å². The molecule has 0 N–H and O–H groups in total. The molecule has 0 aromatic carbocycles. The number of carboxylic acid groups (broad SMARTS) is 1. The molecule has 3 nitrogen and oxygen atoms in total. The highest BCUT2D eigenvalue weighted by atomic mass is 32.2. The van der Waals surface area contributed by atoms with Gasteiger partial charge in [-0.1, -0.05) is 0 Å². The standard InChI is InChI=1S/C5H5NO2S/c1-9-3-2-6-4(9)5(7)8/h2-3H,1H3. The summed E-state index contributed by atoms with van der Waals surface area (Å²) in [5.41, 5.74) is 0. The topological polar surface area (TPSA) is 53.0 Å². The molecule has 0 saturated carbocycles. The first-order valence-corrected chi connectivity index (χ1v) is 4.02. The van der Waals surface area contributed by atoms with Crippen LogP contribution in [-0.2, 0) is 6.26 Å². The summed E-state index contributed by atoms with van der Waals surface area (Å²) >= 11 is 0. The Kier molecular flexibility index (Phi) is 1.48.